The molecule has 0 aromatic heterocycles. The van der Waals surface area contributed by atoms with E-state index in [9.17, 15) is 13.2 Å². The minimum Gasteiger partial charge on any atom is -0.352 e. The van der Waals surface area contributed by atoms with Crippen molar-refractivity contribution in [3.05, 3.63) is 28.8 Å². The van der Waals surface area contributed by atoms with E-state index in [-0.39, 0.29) is 21.4 Å². The summed E-state index contributed by atoms with van der Waals surface area (Å²) in [6, 6.07) is 4.03. The molecule has 1 N–H and O–H groups in total. The van der Waals surface area contributed by atoms with Crippen molar-refractivity contribution in [3.63, 3.8) is 0 Å². The molecule has 0 spiro atoms. The molecule has 0 unspecified atom stereocenters. The van der Waals surface area contributed by atoms with E-state index >= 15 is 0 Å². The molecule has 104 valence electrons. The van der Waals surface area contributed by atoms with Crippen LogP contribution in [0, 0.1) is 5.92 Å². The molecule has 1 aromatic rings. The van der Waals surface area contributed by atoms with Crippen LogP contribution in [0.2, 0.25) is 5.02 Å². The van der Waals surface area contributed by atoms with E-state index in [2.05, 4.69) is 5.32 Å². The highest BCUT2D eigenvalue weighted by Crippen LogP contribution is 2.27. The summed E-state index contributed by atoms with van der Waals surface area (Å²) in [7, 11) is 1.30. The summed E-state index contributed by atoms with van der Waals surface area (Å²) in [5.74, 6) is 0.220. The van der Waals surface area contributed by atoms with Crippen molar-refractivity contribution in [2.24, 2.45) is 5.92 Å². The number of benzene rings is 1. The van der Waals surface area contributed by atoms with Crippen molar-refractivity contribution < 1.29 is 13.2 Å². The molecular formula is C12H13Cl2NO3S. The lowest BCUT2D eigenvalue weighted by Crippen LogP contribution is -2.32. The Kier molecular flexibility index (Phi) is 4.38. The molecule has 1 amide bonds. The smallest absolute Gasteiger partial charge is 0.262 e. The molecule has 1 saturated carbocycles. The Morgan fingerprint density at radius 1 is 1.37 bits per heavy atom. The summed E-state index contributed by atoms with van der Waals surface area (Å²) in [6.07, 6.45) is 3.46. The number of hydrogen-bond acceptors (Lipinski definition) is 3. The minimum atomic E-state index is -3.95. The van der Waals surface area contributed by atoms with E-state index in [1.165, 1.54) is 24.6 Å². The van der Waals surface area contributed by atoms with Gasteiger partial charge in [0, 0.05) is 22.8 Å². The zero-order valence-electron chi connectivity index (χ0n) is 10.0. The van der Waals surface area contributed by atoms with Crippen molar-refractivity contribution >= 4 is 37.2 Å². The van der Waals surface area contributed by atoms with Gasteiger partial charge in [0.05, 0.1) is 5.02 Å². The first-order valence-electron chi connectivity index (χ1n) is 5.90. The number of rotatable bonds is 4. The Bertz CT molecular complexity index is 597. The fourth-order valence-corrected chi connectivity index (χ4v) is 3.36. The van der Waals surface area contributed by atoms with Gasteiger partial charge < -0.3 is 5.32 Å². The molecule has 1 aromatic carbocycles. The second kappa shape index (κ2) is 5.69. The molecule has 0 heterocycles. The van der Waals surface area contributed by atoms with Gasteiger partial charge in [-0.3, -0.25) is 4.79 Å². The van der Waals surface area contributed by atoms with Crippen LogP contribution in [0.25, 0.3) is 0 Å². The molecular weight excluding hydrogens is 309 g/mol. The average Bonchev–Trinajstić information content (AvgIpc) is 2.25. The summed E-state index contributed by atoms with van der Waals surface area (Å²) < 4.78 is 22.6. The van der Waals surface area contributed by atoms with Crippen LogP contribution in [0.1, 0.15) is 29.6 Å². The van der Waals surface area contributed by atoms with Crippen LogP contribution in [-0.2, 0) is 9.05 Å². The average molecular weight is 322 g/mol. The first-order chi connectivity index (χ1) is 8.88. The summed E-state index contributed by atoms with van der Waals surface area (Å²) in [5, 5.41) is 2.78. The highest BCUT2D eigenvalue weighted by Gasteiger charge is 2.20. The molecule has 0 radical (unpaired) electrons. The van der Waals surface area contributed by atoms with Gasteiger partial charge in [0.15, 0.2) is 0 Å². The maximum Gasteiger partial charge on any atom is 0.262 e. The van der Waals surface area contributed by atoms with Gasteiger partial charge in [-0.1, -0.05) is 18.0 Å². The van der Waals surface area contributed by atoms with Gasteiger partial charge in [-0.25, -0.2) is 8.42 Å². The number of hydrogen-bond donors (Lipinski definition) is 1. The molecule has 2 rings (SSSR count). The number of amides is 1. The summed E-state index contributed by atoms with van der Waals surface area (Å²) >= 11 is 5.75. The fourth-order valence-electron chi connectivity index (χ4n) is 1.87. The molecule has 1 fully saturated rings. The number of carbonyl (C=O) groups excluding carboxylic acids is 1. The third-order valence-corrected chi connectivity index (χ3v) is 5.04. The largest absolute Gasteiger partial charge is 0.352 e. The van der Waals surface area contributed by atoms with Crippen molar-refractivity contribution in [2.75, 3.05) is 6.54 Å². The van der Waals surface area contributed by atoms with E-state index in [0.717, 1.165) is 12.8 Å². The molecule has 0 aliphatic heterocycles. The molecule has 0 bridgehead atoms. The summed E-state index contributed by atoms with van der Waals surface area (Å²) in [5.41, 5.74) is 0.239. The van der Waals surface area contributed by atoms with Crippen molar-refractivity contribution in [2.45, 2.75) is 24.2 Å². The molecule has 0 saturated heterocycles. The van der Waals surface area contributed by atoms with E-state index in [0.29, 0.717) is 12.5 Å². The molecule has 1 aliphatic carbocycles. The Morgan fingerprint density at radius 2 is 2.05 bits per heavy atom. The van der Waals surface area contributed by atoms with Gasteiger partial charge in [-0.2, -0.15) is 0 Å². The van der Waals surface area contributed by atoms with Crippen LogP contribution in [0.15, 0.2) is 23.1 Å². The van der Waals surface area contributed by atoms with E-state index < -0.39 is 9.05 Å². The topological polar surface area (TPSA) is 63.2 Å². The molecule has 7 heteroatoms. The van der Waals surface area contributed by atoms with E-state index in [1.54, 1.807) is 0 Å². The standard InChI is InChI=1S/C12H13Cl2NO3S/c13-10-5-4-9(6-11(10)19(14,17)18)12(16)15-7-8-2-1-3-8/h4-6,8H,1-3,7H2,(H,15,16). The molecule has 4 nitrogen and oxygen atoms in total. The lowest BCUT2D eigenvalue weighted by molar-refractivity contribution is 0.0939. The van der Waals surface area contributed by atoms with Gasteiger partial charge in [0.1, 0.15) is 4.90 Å². The van der Waals surface area contributed by atoms with Gasteiger partial charge in [-0.15, -0.1) is 0 Å². The van der Waals surface area contributed by atoms with E-state index in [1.807, 2.05) is 0 Å². The summed E-state index contributed by atoms with van der Waals surface area (Å²) in [4.78, 5) is 11.6. The Morgan fingerprint density at radius 3 is 2.58 bits per heavy atom. The zero-order chi connectivity index (χ0) is 14.0. The van der Waals surface area contributed by atoms with Gasteiger partial charge in [0.25, 0.3) is 15.0 Å². The zero-order valence-corrected chi connectivity index (χ0v) is 12.4. The SMILES string of the molecule is O=C(NCC1CCC1)c1ccc(Cl)c(S(=O)(=O)Cl)c1. The number of carbonyl (C=O) groups is 1. The van der Waals surface area contributed by atoms with Crippen LogP contribution in [0.4, 0.5) is 0 Å². The van der Waals surface area contributed by atoms with Crippen molar-refractivity contribution in [1.29, 1.82) is 0 Å². The van der Waals surface area contributed by atoms with Gasteiger partial charge >= 0.3 is 0 Å². The monoisotopic (exact) mass is 321 g/mol. The van der Waals surface area contributed by atoms with Crippen LogP contribution < -0.4 is 5.32 Å². The van der Waals surface area contributed by atoms with Gasteiger partial charge in [-0.05, 0) is 37.0 Å². The van der Waals surface area contributed by atoms with Crippen molar-refractivity contribution in [1.82, 2.24) is 5.32 Å². The van der Waals surface area contributed by atoms with Crippen LogP contribution in [-0.4, -0.2) is 20.9 Å². The lowest BCUT2D eigenvalue weighted by Gasteiger charge is -2.25. The van der Waals surface area contributed by atoms with Gasteiger partial charge in [0.2, 0.25) is 0 Å². The highest BCUT2D eigenvalue weighted by molar-refractivity contribution is 8.13. The van der Waals surface area contributed by atoms with Crippen LogP contribution in [0.3, 0.4) is 0 Å². The Labute approximate surface area is 121 Å². The predicted octanol–water partition coefficient (Wildman–Crippen LogP) is 2.80. The van der Waals surface area contributed by atoms with E-state index in [4.69, 9.17) is 22.3 Å². The van der Waals surface area contributed by atoms with Crippen LogP contribution >= 0.6 is 22.3 Å². The Balaban J connectivity index is 2.13. The Hall–Kier alpha value is -0.780. The minimum absolute atomic E-state index is 0.00513. The highest BCUT2D eigenvalue weighted by atomic mass is 35.7. The number of nitrogens with one attached hydrogen (secondary N) is 1. The maximum atomic E-state index is 11.9. The first-order valence-corrected chi connectivity index (χ1v) is 8.59. The number of halogens is 2. The normalized spacial score (nSPS) is 15.9. The lowest BCUT2D eigenvalue weighted by atomic mass is 9.85. The quantitative estimate of drug-likeness (QED) is 0.867. The third kappa shape index (κ3) is 3.61. The maximum absolute atomic E-state index is 11.9. The molecule has 19 heavy (non-hydrogen) atoms. The predicted molar refractivity (Wildman–Crippen MR) is 74.2 cm³/mol. The van der Waals surface area contributed by atoms with Crippen LogP contribution in [0.5, 0.6) is 0 Å². The fraction of sp³-hybridized carbons (Fsp3) is 0.417. The molecule has 0 atom stereocenters. The summed E-state index contributed by atoms with van der Waals surface area (Å²) in [6.45, 7) is 0.615. The third-order valence-electron chi connectivity index (χ3n) is 3.23. The second-order valence-electron chi connectivity index (χ2n) is 4.59. The first kappa shape index (κ1) is 14.6. The van der Waals surface area contributed by atoms with Crippen molar-refractivity contribution in [3.8, 4) is 0 Å². The second-order valence-corrected chi connectivity index (χ2v) is 7.53. The molecule has 1 aliphatic rings.